The Labute approximate surface area is 227 Å². The van der Waals surface area contributed by atoms with Crippen LogP contribution in [0, 0.1) is 0 Å². The first-order valence-corrected chi connectivity index (χ1v) is 12.8. The van der Waals surface area contributed by atoms with Gasteiger partial charge < -0.3 is 28.8 Å². The summed E-state index contributed by atoms with van der Waals surface area (Å²) in [5.41, 5.74) is 0.635. The van der Waals surface area contributed by atoms with Gasteiger partial charge in [-0.25, -0.2) is 14.4 Å². The van der Waals surface area contributed by atoms with Crippen LogP contribution in [0.2, 0.25) is 0 Å². The fourth-order valence-corrected chi connectivity index (χ4v) is 4.39. The van der Waals surface area contributed by atoms with Crippen LogP contribution >= 0.6 is 15.9 Å². The maximum absolute atomic E-state index is 13.1. The number of rotatable bonds is 8. The summed E-state index contributed by atoms with van der Waals surface area (Å²) in [4.78, 5) is 39.0. The molecule has 0 aliphatic carbocycles. The highest BCUT2D eigenvalue weighted by molar-refractivity contribution is 9.09. The molecule has 0 saturated carbocycles. The molecule has 3 aromatic rings. The molecule has 10 heteroatoms. The van der Waals surface area contributed by atoms with Gasteiger partial charge in [-0.2, -0.15) is 0 Å². The molecule has 3 aromatic carbocycles. The molecule has 0 spiro atoms. The Morgan fingerprint density at radius 3 is 1.63 bits per heavy atom. The van der Waals surface area contributed by atoms with Crippen molar-refractivity contribution >= 4 is 33.8 Å². The second-order valence-corrected chi connectivity index (χ2v) is 8.94. The van der Waals surface area contributed by atoms with Gasteiger partial charge in [0.25, 0.3) is 0 Å². The van der Waals surface area contributed by atoms with E-state index in [0.717, 1.165) is 0 Å². The van der Waals surface area contributed by atoms with Crippen LogP contribution in [-0.4, -0.2) is 66.2 Å². The van der Waals surface area contributed by atoms with Gasteiger partial charge >= 0.3 is 17.9 Å². The van der Waals surface area contributed by atoms with Crippen LogP contribution in [-0.2, 0) is 18.9 Å². The molecule has 1 heterocycles. The Morgan fingerprint density at radius 2 is 1.16 bits per heavy atom. The Balaban J connectivity index is 1.65. The number of aliphatic hydroxyl groups excluding tert-OH is 1. The Morgan fingerprint density at radius 1 is 0.711 bits per heavy atom. The lowest BCUT2D eigenvalue weighted by atomic mass is 9.98. The van der Waals surface area contributed by atoms with Gasteiger partial charge in [-0.15, -0.1) is 0 Å². The van der Waals surface area contributed by atoms with Crippen molar-refractivity contribution in [1.82, 2.24) is 0 Å². The zero-order valence-electron chi connectivity index (χ0n) is 20.3. The van der Waals surface area contributed by atoms with Gasteiger partial charge in [-0.05, 0) is 48.5 Å². The van der Waals surface area contributed by atoms with E-state index in [1.165, 1.54) is 31.4 Å². The summed E-state index contributed by atoms with van der Waals surface area (Å²) in [5, 5.41) is 10.9. The number of ether oxygens (including phenoxy) is 5. The average Bonchev–Trinajstić information content (AvgIpc) is 2.96. The number of hydrogen-bond acceptors (Lipinski definition) is 9. The molecule has 1 fully saturated rings. The molecule has 1 saturated heterocycles. The number of esters is 3. The summed E-state index contributed by atoms with van der Waals surface area (Å²) in [6.45, 7) is 0. The third kappa shape index (κ3) is 6.39. The van der Waals surface area contributed by atoms with Crippen molar-refractivity contribution < 1.29 is 43.2 Å². The second kappa shape index (κ2) is 12.7. The molecule has 9 nitrogen and oxygen atoms in total. The molecule has 0 unspecified atom stereocenters. The topological polar surface area (TPSA) is 118 Å². The number of halogens is 1. The summed E-state index contributed by atoms with van der Waals surface area (Å²) in [7, 11) is 1.50. The molecule has 4 rings (SSSR count). The van der Waals surface area contributed by atoms with E-state index in [1.807, 2.05) is 0 Å². The molecule has 0 radical (unpaired) electrons. The molecule has 5 atom stereocenters. The van der Waals surface area contributed by atoms with Crippen molar-refractivity contribution in [2.45, 2.75) is 30.7 Å². The molecular formula is C28H25BrO9. The SMILES string of the molecule is COc1ccc(C(=O)O[C@@H]2[C@H](OC(=O)c3ccccc3)[C@@H](OC(=O)c3ccccc3)[C@H](O)O[C@@H]2CBr)cc1. The monoisotopic (exact) mass is 584 g/mol. The summed E-state index contributed by atoms with van der Waals surface area (Å²) >= 11 is 3.30. The lowest BCUT2D eigenvalue weighted by molar-refractivity contribution is -0.274. The van der Waals surface area contributed by atoms with Crippen LogP contribution in [0.1, 0.15) is 31.1 Å². The molecule has 0 aromatic heterocycles. The number of alkyl halides is 1. The highest BCUT2D eigenvalue weighted by atomic mass is 79.9. The van der Waals surface area contributed by atoms with E-state index in [1.54, 1.807) is 60.7 Å². The zero-order chi connectivity index (χ0) is 27.1. The van der Waals surface area contributed by atoms with Gasteiger partial charge in [0.1, 0.15) is 11.9 Å². The lowest BCUT2D eigenvalue weighted by Crippen LogP contribution is -2.62. The first-order valence-electron chi connectivity index (χ1n) is 11.7. The second-order valence-electron chi connectivity index (χ2n) is 8.29. The fourth-order valence-electron chi connectivity index (χ4n) is 3.87. The van der Waals surface area contributed by atoms with Crippen molar-refractivity contribution in [1.29, 1.82) is 0 Å². The summed E-state index contributed by atoms with van der Waals surface area (Å²) in [6.07, 6.45) is -6.75. The predicted molar refractivity (Wildman–Crippen MR) is 138 cm³/mol. The highest BCUT2D eigenvalue weighted by Gasteiger charge is 2.52. The highest BCUT2D eigenvalue weighted by Crippen LogP contribution is 2.30. The molecular weight excluding hydrogens is 560 g/mol. The molecule has 198 valence electrons. The third-order valence-corrected chi connectivity index (χ3v) is 6.47. The Hall–Kier alpha value is -3.73. The number of hydrogen-bond donors (Lipinski definition) is 1. The first-order chi connectivity index (χ1) is 18.4. The van der Waals surface area contributed by atoms with Crippen molar-refractivity contribution in [3.05, 3.63) is 102 Å². The summed E-state index contributed by atoms with van der Waals surface area (Å²) in [5.74, 6) is -1.73. The van der Waals surface area contributed by atoms with Crippen LogP contribution < -0.4 is 4.74 Å². The van der Waals surface area contributed by atoms with Gasteiger partial charge in [-0.1, -0.05) is 52.3 Å². The Kier molecular flexibility index (Phi) is 9.11. The van der Waals surface area contributed by atoms with Crippen LogP contribution in [0.3, 0.4) is 0 Å². The van der Waals surface area contributed by atoms with Crippen molar-refractivity contribution in [2.75, 3.05) is 12.4 Å². The molecule has 0 amide bonds. The van der Waals surface area contributed by atoms with E-state index >= 15 is 0 Å². The van der Waals surface area contributed by atoms with Crippen molar-refractivity contribution in [3.63, 3.8) is 0 Å². The first kappa shape index (κ1) is 27.3. The predicted octanol–water partition coefficient (Wildman–Crippen LogP) is 3.78. The van der Waals surface area contributed by atoms with Gasteiger partial charge in [0, 0.05) is 5.33 Å². The fraction of sp³-hybridized carbons (Fsp3) is 0.250. The lowest BCUT2D eigenvalue weighted by Gasteiger charge is -2.42. The van der Waals surface area contributed by atoms with Gasteiger partial charge in [0.05, 0.1) is 23.8 Å². The summed E-state index contributed by atoms with van der Waals surface area (Å²) in [6, 6.07) is 22.5. The average molecular weight is 585 g/mol. The van der Waals surface area contributed by atoms with Gasteiger partial charge in [0.2, 0.25) is 0 Å². The van der Waals surface area contributed by atoms with E-state index < -0.39 is 48.6 Å². The molecule has 1 N–H and O–H groups in total. The maximum Gasteiger partial charge on any atom is 0.338 e. The quantitative estimate of drug-likeness (QED) is 0.240. The third-order valence-electron chi connectivity index (χ3n) is 5.84. The number of methoxy groups -OCH3 is 1. The van der Waals surface area contributed by atoms with Gasteiger partial charge in [0.15, 0.2) is 24.6 Å². The molecule has 1 aliphatic rings. The smallest absolute Gasteiger partial charge is 0.338 e. The molecule has 1 aliphatic heterocycles. The molecule has 0 bridgehead atoms. The van der Waals surface area contributed by atoms with Crippen LogP contribution in [0.5, 0.6) is 5.75 Å². The van der Waals surface area contributed by atoms with E-state index in [4.69, 9.17) is 23.7 Å². The van der Waals surface area contributed by atoms with Crippen LogP contribution in [0.15, 0.2) is 84.9 Å². The maximum atomic E-state index is 13.1. The number of benzene rings is 3. The van der Waals surface area contributed by atoms with Crippen molar-refractivity contribution in [2.24, 2.45) is 0 Å². The van der Waals surface area contributed by atoms with Crippen LogP contribution in [0.25, 0.3) is 0 Å². The number of carbonyl (C=O) groups excluding carboxylic acids is 3. The zero-order valence-corrected chi connectivity index (χ0v) is 21.9. The van der Waals surface area contributed by atoms with E-state index in [2.05, 4.69) is 15.9 Å². The minimum atomic E-state index is -1.67. The van der Waals surface area contributed by atoms with E-state index in [9.17, 15) is 19.5 Å². The van der Waals surface area contributed by atoms with E-state index in [0.29, 0.717) is 5.75 Å². The minimum absolute atomic E-state index is 0.114. The standard InChI is InChI=1S/C28H25BrO9/c1-34-20-14-12-19(13-15-20)27(32)36-22-21(16-29)35-28(33)24(38-26(31)18-10-6-3-7-11-18)23(22)37-25(30)17-8-4-2-5-9-17/h2-15,21-24,28,33H,16H2,1H3/t21-,22+,23+,24-,28-/m1/s1. The minimum Gasteiger partial charge on any atom is -0.497 e. The summed E-state index contributed by atoms with van der Waals surface area (Å²) < 4.78 is 27.8. The number of aliphatic hydroxyl groups is 1. The normalized spacial score (nSPS) is 22.7. The van der Waals surface area contributed by atoms with Crippen LogP contribution in [0.4, 0.5) is 0 Å². The number of carbonyl (C=O) groups is 3. The molecule has 38 heavy (non-hydrogen) atoms. The van der Waals surface area contributed by atoms with E-state index in [-0.39, 0.29) is 22.0 Å². The largest absolute Gasteiger partial charge is 0.497 e. The van der Waals surface area contributed by atoms with Crippen molar-refractivity contribution in [3.8, 4) is 5.75 Å². The van der Waals surface area contributed by atoms with Gasteiger partial charge in [-0.3, -0.25) is 0 Å². The Bertz CT molecular complexity index is 1230.